The van der Waals surface area contributed by atoms with Gasteiger partial charge in [0.15, 0.2) is 11.6 Å². The summed E-state index contributed by atoms with van der Waals surface area (Å²) in [6.07, 6.45) is 3.51. The maximum absolute atomic E-state index is 13.3. The third kappa shape index (κ3) is 25.1. The number of benzene rings is 4. The van der Waals surface area contributed by atoms with Gasteiger partial charge in [0.05, 0.1) is 13.2 Å². The van der Waals surface area contributed by atoms with E-state index in [2.05, 4.69) is 44.5 Å². The van der Waals surface area contributed by atoms with Gasteiger partial charge in [0.1, 0.15) is 46.3 Å². The number of piperazine rings is 2. The highest BCUT2D eigenvalue weighted by Crippen LogP contribution is 2.23. The first kappa shape index (κ1) is 73.9. The number of anilines is 2. The van der Waals surface area contributed by atoms with Crippen molar-refractivity contribution in [3.63, 3.8) is 0 Å². The summed E-state index contributed by atoms with van der Waals surface area (Å²) >= 11 is 2.00. The fourth-order valence-corrected chi connectivity index (χ4v) is 9.71. The third-order valence-corrected chi connectivity index (χ3v) is 14.4. The van der Waals surface area contributed by atoms with Crippen molar-refractivity contribution in [1.29, 1.82) is 0 Å². The molecule has 1 atom stereocenters. The Morgan fingerprint density at radius 3 is 1.22 bits per heavy atom. The van der Waals surface area contributed by atoms with Crippen LogP contribution < -0.4 is 31.9 Å². The fourth-order valence-electron chi connectivity index (χ4n) is 9.01. The monoisotopic (exact) mass is 1390 g/mol. The smallest absolute Gasteiger partial charge is 0.410 e. The Bertz CT molecular complexity index is 3460. The van der Waals surface area contributed by atoms with Crippen molar-refractivity contribution in [1.82, 2.24) is 49.8 Å². The van der Waals surface area contributed by atoms with Gasteiger partial charge in [-0.05, 0) is 71.8 Å². The fraction of sp³-hybridized carbons (Fsp3) is 0.369. The first-order valence-corrected chi connectivity index (χ1v) is 31.2. The number of Topliss-reactive ketones (excluding diaryl/α,β-unsaturated/α-hetero) is 1. The van der Waals surface area contributed by atoms with E-state index in [1.807, 2.05) is 129 Å². The topological polar surface area (TPSA) is 325 Å². The number of aromatic nitrogens is 6. The van der Waals surface area contributed by atoms with Gasteiger partial charge in [-0.2, -0.15) is 15.3 Å². The van der Waals surface area contributed by atoms with Crippen LogP contribution in [0, 0.1) is 3.70 Å². The van der Waals surface area contributed by atoms with E-state index < -0.39 is 35.8 Å². The maximum atomic E-state index is 13.3. The van der Waals surface area contributed by atoms with Crippen molar-refractivity contribution >= 4 is 82.0 Å². The molecule has 93 heavy (non-hydrogen) atoms. The van der Waals surface area contributed by atoms with E-state index in [0.717, 1.165) is 35.3 Å². The first-order chi connectivity index (χ1) is 44.7. The Kier molecular flexibility index (Phi) is 31.3. The molecule has 0 radical (unpaired) electrons. The highest BCUT2D eigenvalue weighted by atomic mass is 127. The van der Waals surface area contributed by atoms with Crippen LogP contribution in [0.25, 0.3) is 0 Å². The molecule has 2 aliphatic heterocycles. The minimum Gasteiger partial charge on any atom is -0.462 e. The molecule has 2 fully saturated rings. The van der Waals surface area contributed by atoms with E-state index in [9.17, 15) is 38.4 Å². The van der Waals surface area contributed by atoms with Gasteiger partial charge in [-0.15, -0.1) is 0 Å². The summed E-state index contributed by atoms with van der Waals surface area (Å²) in [6, 6.07) is 36.3. The molecule has 7 aromatic rings. The van der Waals surface area contributed by atoms with Crippen LogP contribution in [0.15, 0.2) is 140 Å². The predicted molar refractivity (Wildman–Crippen MR) is 356 cm³/mol. The number of nitrogens with one attached hydrogen (secondary N) is 2. The van der Waals surface area contributed by atoms with Crippen molar-refractivity contribution in [2.75, 3.05) is 88.5 Å². The molecule has 6 N–H and O–H groups in total. The maximum Gasteiger partial charge on any atom is 0.410 e. The van der Waals surface area contributed by atoms with Crippen LogP contribution in [0.2, 0.25) is 0 Å². The number of ether oxygens (including phenoxy) is 5. The number of nitrogens with zero attached hydrogens (tertiary/aromatic N) is 10. The number of hydrogen-bond acceptors (Lipinski definition) is 19. The molecule has 0 aliphatic carbocycles. The van der Waals surface area contributed by atoms with Gasteiger partial charge in [-0.1, -0.05) is 135 Å². The van der Waals surface area contributed by atoms with E-state index >= 15 is 0 Å². The van der Waals surface area contributed by atoms with Crippen molar-refractivity contribution in [3.05, 3.63) is 183 Å². The van der Waals surface area contributed by atoms with Crippen LogP contribution in [-0.2, 0) is 80.7 Å². The minimum atomic E-state index is -1.12. The molecule has 2 saturated heterocycles. The number of halogens is 1. The lowest BCUT2D eigenvalue weighted by atomic mass is 10.0. The number of amides is 5. The second-order valence-corrected chi connectivity index (χ2v) is 21.6. The quantitative estimate of drug-likeness (QED) is 0.0276. The number of hydrogen-bond donors (Lipinski definition) is 4. The number of carbonyl (C=O) groups excluding carboxylic acids is 8. The number of ketones is 1. The number of aryl methyl sites for hydroxylation is 3. The Labute approximate surface area is 554 Å². The van der Waals surface area contributed by atoms with Crippen LogP contribution >= 0.6 is 22.6 Å². The minimum absolute atomic E-state index is 0.119. The molecule has 0 spiro atoms. The third-order valence-electron chi connectivity index (χ3n) is 13.6. The Balaban J connectivity index is 0.000000245. The van der Waals surface area contributed by atoms with Crippen LogP contribution in [0.4, 0.5) is 26.0 Å². The summed E-state index contributed by atoms with van der Waals surface area (Å²) in [7, 11) is 5.22. The summed E-state index contributed by atoms with van der Waals surface area (Å²) in [5.74, 6) is -2.22. The Morgan fingerprint density at radius 2 is 0.849 bits per heavy atom. The van der Waals surface area contributed by atoms with Gasteiger partial charge in [-0.3, -0.25) is 28.4 Å². The van der Waals surface area contributed by atoms with E-state index in [0.29, 0.717) is 92.0 Å². The first-order valence-electron chi connectivity index (χ1n) is 30.1. The molecule has 498 valence electrons. The molecule has 28 heteroatoms. The van der Waals surface area contributed by atoms with E-state index in [-0.39, 0.29) is 49.8 Å². The van der Waals surface area contributed by atoms with Crippen LogP contribution in [0.1, 0.15) is 81.0 Å². The van der Waals surface area contributed by atoms with Gasteiger partial charge in [0.25, 0.3) is 11.8 Å². The zero-order valence-electron chi connectivity index (χ0n) is 53.5. The number of primary amides is 2. The van der Waals surface area contributed by atoms with Gasteiger partial charge >= 0.3 is 30.2 Å². The molecule has 5 heterocycles. The lowest BCUT2D eigenvalue weighted by Gasteiger charge is -2.34. The average Bonchev–Trinajstić information content (AvgIpc) is 1.85. The number of rotatable bonds is 20. The normalized spacial score (nSPS) is 12.6. The van der Waals surface area contributed by atoms with E-state index in [1.54, 1.807) is 97.0 Å². The number of esters is 2. The molecule has 0 bridgehead atoms. The van der Waals surface area contributed by atoms with Crippen molar-refractivity contribution in [2.45, 2.75) is 60.0 Å². The molecular weight excluding hydrogens is 1310 g/mol. The van der Waals surface area contributed by atoms with Crippen LogP contribution in [0.5, 0.6) is 0 Å². The predicted octanol–water partition coefficient (Wildman–Crippen LogP) is 6.43. The highest BCUT2D eigenvalue weighted by Gasteiger charge is 2.32. The molecule has 5 amide bonds. The Hall–Kier alpha value is -9.84. The largest absolute Gasteiger partial charge is 0.462 e. The van der Waals surface area contributed by atoms with Gasteiger partial charge in [0, 0.05) is 98.5 Å². The number of nitrogens with two attached hydrogens (primary N) is 2. The molecule has 0 saturated carbocycles. The zero-order chi connectivity index (χ0) is 67.7. The standard InChI is InChI=1S/C27H30N6O5.C19H24N4O4.C8H9NO2.C7H9IN2O2.C4H11N/c1-31-17-21(26(36)29-22(23(34)24(28)35)16-19-8-4-2-5-9-19)25(30-31)32-12-14-33(15-13-32)27(37)38-18-20-10-6-3-7-11-20;1-3-26-18(24)16-13-21(2)20-17(16)22-9-11-23(12-10-22)19(25)27-14-15-7-5-4-6-8-15;9-8(10)11-6-7-4-2-1-3-5-7;1-3-12-7(11)5-4-10(2)9-6(5)8;1-3-5-4-2/h2-11,17,22H,12-16,18H2,1H3,(H2,28,35)(H,29,36);4-8,13H,3,9-12,14H2,1-2H3;1-5H,6H2,(H2,9,10);4H,3H2,1-2H3;5H,3-4H2,1-2H3. The summed E-state index contributed by atoms with van der Waals surface area (Å²) in [5, 5.41) is 18.6. The zero-order valence-corrected chi connectivity index (χ0v) is 55.6. The van der Waals surface area contributed by atoms with Crippen LogP contribution in [0.3, 0.4) is 0 Å². The molecule has 1 unspecified atom stereocenters. The van der Waals surface area contributed by atoms with Gasteiger partial charge < -0.3 is 65.4 Å². The lowest BCUT2D eigenvalue weighted by Crippen LogP contribution is -2.50. The highest BCUT2D eigenvalue weighted by molar-refractivity contribution is 14.1. The lowest BCUT2D eigenvalue weighted by molar-refractivity contribution is -0.137. The van der Waals surface area contributed by atoms with Crippen molar-refractivity contribution in [3.8, 4) is 0 Å². The molecule has 2 aliphatic rings. The van der Waals surface area contributed by atoms with Gasteiger partial charge in [0.2, 0.25) is 5.78 Å². The molecular formula is C65H83IN14O13. The molecule has 9 rings (SSSR count). The Morgan fingerprint density at radius 1 is 0.484 bits per heavy atom. The summed E-state index contributed by atoms with van der Waals surface area (Å²) in [5.41, 5.74) is 14.8. The number of carbonyl (C=O) groups is 8. The van der Waals surface area contributed by atoms with Gasteiger partial charge in [-0.25, -0.2) is 24.0 Å². The summed E-state index contributed by atoms with van der Waals surface area (Å²) in [4.78, 5) is 103. The average molecular weight is 1400 g/mol. The molecule has 4 aromatic carbocycles. The van der Waals surface area contributed by atoms with E-state index in [4.69, 9.17) is 30.4 Å². The van der Waals surface area contributed by atoms with E-state index in [1.165, 1.54) is 4.68 Å². The molecule has 3 aromatic heterocycles. The van der Waals surface area contributed by atoms with Crippen molar-refractivity contribution in [2.24, 2.45) is 32.6 Å². The second-order valence-electron chi connectivity index (χ2n) is 20.6. The molecule has 27 nitrogen and oxygen atoms in total. The van der Waals surface area contributed by atoms with Crippen LogP contribution in [-0.4, -0.2) is 172 Å². The summed E-state index contributed by atoms with van der Waals surface area (Å²) in [6.45, 7) is 15.2. The summed E-state index contributed by atoms with van der Waals surface area (Å²) < 4.78 is 30.7. The second kappa shape index (κ2) is 39.4. The van der Waals surface area contributed by atoms with Crippen molar-refractivity contribution < 1.29 is 62.0 Å². The SMILES string of the molecule is CCNCC.CCOC(=O)c1cn(C)nc1I.CCOC(=O)c1cn(C)nc1N1CCN(C(=O)OCc2ccccc2)CC1.Cn1cc(C(=O)NC(Cc2ccccc2)C(=O)C(N)=O)c(N2CCN(C(=O)OCc3ccccc3)CC2)n1.NC(=O)OCc1ccccc1.